The van der Waals surface area contributed by atoms with Crippen molar-refractivity contribution in [1.29, 1.82) is 0 Å². The number of hydrazone groups is 1. The van der Waals surface area contributed by atoms with Crippen LogP contribution in [0.5, 0.6) is 0 Å². The van der Waals surface area contributed by atoms with Crippen LogP contribution in [0, 0.1) is 23.2 Å². The van der Waals surface area contributed by atoms with Crippen LogP contribution in [0.3, 0.4) is 0 Å². The van der Waals surface area contributed by atoms with E-state index in [1.54, 1.807) is 0 Å². The first-order valence-corrected chi connectivity index (χ1v) is 7.20. The molecule has 4 nitrogen and oxygen atoms in total. The summed E-state index contributed by atoms with van der Waals surface area (Å²) in [5.41, 5.74) is 4.26. The van der Waals surface area contributed by atoms with E-state index in [4.69, 9.17) is 5.11 Å². The maximum absolute atomic E-state index is 11.0. The maximum Gasteiger partial charge on any atom is 0.328 e. The second kappa shape index (κ2) is 3.49. The number of nitrogens with zero attached hydrogens (tertiary/aromatic N) is 1. The van der Waals surface area contributed by atoms with Crippen LogP contribution in [-0.4, -0.2) is 22.8 Å². The number of nitrogens with one attached hydrogen (secondary N) is 1. The predicted molar refractivity (Wildman–Crippen MR) is 67.2 cm³/mol. The van der Waals surface area contributed by atoms with Crippen LogP contribution in [0.4, 0.5) is 0 Å². The van der Waals surface area contributed by atoms with Crippen LogP contribution >= 0.6 is 0 Å². The van der Waals surface area contributed by atoms with E-state index in [1.807, 2.05) is 0 Å². The molecule has 0 radical (unpaired) electrons. The molecule has 1 unspecified atom stereocenters. The number of aliphatic carboxylic acids is 1. The average Bonchev–Trinajstić information content (AvgIpc) is 2.76. The molecule has 4 heteroatoms. The Labute approximate surface area is 107 Å². The molecular formula is C14H20N2O2. The van der Waals surface area contributed by atoms with Gasteiger partial charge in [0.2, 0.25) is 0 Å². The summed E-state index contributed by atoms with van der Waals surface area (Å²) in [5.74, 6) is 1.91. The van der Waals surface area contributed by atoms with E-state index in [9.17, 15) is 4.79 Å². The normalized spacial score (nSPS) is 49.0. The van der Waals surface area contributed by atoms with Crippen molar-refractivity contribution in [1.82, 2.24) is 5.43 Å². The molecule has 0 amide bonds. The van der Waals surface area contributed by atoms with E-state index in [1.165, 1.54) is 44.2 Å². The first-order valence-electron chi connectivity index (χ1n) is 7.20. The van der Waals surface area contributed by atoms with Gasteiger partial charge >= 0.3 is 5.97 Å². The fourth-order valence-corrected chi connectivity index (χ4v) is 5.38. The van der Waals surface area contributed by atoms with Gasteiger partial charge in [-0.25, -0.2) is 4.79 Å². The molecule has 0 saturated heterocycles. The second-order valence-electron chi connectivity index (χ2n) is 6.98. The third-order valence-electron chi connectivity index (χ3n) is 5.70. The Balaban J connectivity index is 1.59. The summed E-state index contributed by atoms with van der Waals surface area (Å²) in [4.78, 5) is 11.0. The zero-order valence-corrected chi connectivity index (χ0v) is 10.6. The lowest BCUT2D eigenvalue weighted by Crippen LogP contribution is -2.50. The van der Waals surface area contributed by atoms with Crippen LogP contribution in [0.25, 0.3) is 0 Å². The zero-order valence-electron chi connectivity index (χ0n) is 10.6. The van der Waals surface area contributed by atoms with Gasteiger partial charge in [0, 0.05) is 17.5 Å². The lowest BCUT2D eigenvalue weighted by atomic mass is 9.48. The topological polar surface area (TPSA) is 61.7 Å². The highest BCUT2D eigenvalue weighted by Crippen LogP contribution is 2.61. The molecule has 5 aliphatic rings. The molecule has 1 atom stereocenters. The fraction of sp³-hybridized carbons (Fsp3) is 0.857. The Morgan fingerprint density at radius 2 is 1.72 bits per heavy atom. The minimum Gasteiger partial charge on any atom is -0.480 e. The molecule has 18 heavy (non-hydrogen) atoms. The van der Waals surface area contributed by atoms with Crippen molar-refractivity contribution in [2.24, 2.45) is 28.3 Å². The van der Waals surface area contributed by atoms with Crippen molar-refractivity contribution < 1.29 is 9.90 Å². The first kappa shape index (κ1) is 10.8. The Hall–Kier alpha value is -1.06. The highest BCUT2D eigenvalue weighted by atomic mass is 16.4. The van der Waals surface area contributed by atoms with Gasteiger partial charge in [0.1, 0.15) is 6.04 Å². The van der Waals surface area contributed by atoms with Gasteiger partial charge in [-0.15, -0.1) is 0 Å². The van der Waals surface area contributed by atoms with Crippen LogP contribution in [0.2, 0.25) is 0 Å². The summed E-state index contributed by atoms with van der Waals surface area (Å²) >= 11 is 0. The van der Waals surface area contributed by atoms with Crippen molar-refractivity contribution >= 4 is 11.7 Å². The van der Waals surface area contributed by atoms with Crippen molar-refractivity contribution in [3.05, 3.63) is 0 Å². The highest BCUT2D eigenvalue weighted by Gasteiger charge is 2.54. The average molecular weight is 248 g/mol. The largest absolute Gasteiger partial charge is 0.480 e. The standard InChI is InChI=1S/C14H20N2O2/c17-13(18)11-4-12(16-15-11)14-5-8-1-9(6-14)3-10(2-8)7-14/h8-11,15H,1-7H2,(H,17,18). The Morgan fingerprint density at radius 3 is 2.17 bits per heavy atom. The molecule has 0 aromatic heterocycles. The lowest BCUT2D eigenvalue weighted by molar-refractivity contribution is -0.139. The molecule has 5 rings (SSSR count). The Bertz CT molecular complexity index is 394. The molecule has 1 aliphatic heterocycles. The summed E-state index contributed by atoms with van der Waals surface area (Å²) in [6.45, 7) is 0. The van der Waals surface area contributed by atoms with E-state index in [0.717, 1.165) is 17.8 Å². The zero-order chi connectivity index (χ0) is 12.3. The number of carboxylic acid groups (broad SMARTS) is 1. The van der Waals surface area contributed by atoms with Crippen molar-refractivity contribution in [2.75, 3.05) is 0 Å². The molecular weight excluding hydrogens is 228 g/mol. The number of hydrogen-bond acceptors (Lipinski definition) is 3. The number of hydrogen-bond donors (Lipinski definition) is 2. The van der Waals surface area contributed by atoms with Gasteiger partial charge in [0.15, 0.2) is 0 Å². The summed E-state index contributed by atoms with van der Waals surface area (Å²) < 4.78 is 0. The quantitative estimate of drug-likeness (QED) is 0.785. The molecule has 4 bridgehead atoms. The second-order valence-corrected chi connectivity index (χ2v) is 6.98. The van der Waals surface area contributed by atoms with E-state index in [0.29, 0.717) is 6.42 Å². The maximum atomic E-state index is 11.0. The number of carboxylic acids is 1. The SMILES string of the molecule is O=C(O)C1CC(C23CC4CC(CC(C4)C2)C3)=NN1. The van der Waals surface area contributed by atoms with Gasteiger partial charge in [-0.3, -0.25) is 5.43 Å². The van der Waals surface area contributed by atoms with Gasteiger partial charge in [0.05, 0.1) is 0 Å². The van der Waals surface area contributed by atoms with E-state index in [2.05, 4.69) is 10.5 Å². The number of carbonyl (C=O) groups is 1. The van der Waals surface area contributed by atoms with Gasteiger partial charge in [-0.2, -0.15) is 5.10 Å². The van der Waals surface area contributed by atoms with E-state index >= 15 is 0 Å². The predicted octanol–water partition coefficient (Wildman–Crippen LogP) is 2.01. The van der Waals surface area contributed by atoms with Crippen molar-refractivity contribution in [3.63, 3.8) is 0 Å². The summed E-state index contributed by atoms with van der Waals surface area (Å²) in [7, 11) is 0. The molecule has 0 aromatic rings. The van der Waals surface area contributed by atoms with Gasteiger partial charge in [-0.1, -0.05) is 0 Å². The van der Waals surface area contributed by atoms with Crippen LogP contribution in [-0.2, 0) is 4.79 Å². The van der Waals surface area contributed by atoms with E-state index in [-0.39, 0.29) is 5.41 Å². The summed E-state index contributed by atoms with van der Waals surface area (Å²) in [5, 5.41) is 13.5. The molecule has 0 aromatic carbocycles. The van der Waals surface area contributed by atoms with Crippen molar-refractivity contribution in [3.8, 4) is 0 Å². The van der Waals surface area contributed by atoms with Gasteiger partial charge in [-0.05, 0) is 56.3 Å². The highest BCUT2D eigenvalue weighted by molar-refractivity contribution is 5.96. The first-order chi connectivity index (χ1) is 8.64. The van der Waals surface area contributed by atoms with Gasteiger partial charge < -0.3 is 5.11 Å². The fourth-order valence-electron chi connectivity index (χ4n) is 5.38. The molecule has 4 saturated carbocycles. The van der Waals surface area contributed by atoms with Crippen LogP contribution in [0.1, 0.15) is 44.9 Å². The van der Waals surface area contributed by atoms with Crippen LogP contribution in [0.15, 0.2) is 5.10 Å². The summed E-state index contributed by atoms with van der Waals surface area (Å²) in [6.07, 6.45) is 8.69. The van der Waals surface area contributed by atoms with Crippen molar-refractivity contribution in [2.45, 2.75) is 51.0 Å². The van der Waals surface area contributed by atoms with Crippen LogP contribution < -0.4 is 5.43 Å². The lowest BCUT2D eigenvalue weighted by Gasteiger charge is -2.56. The molecule has 4 aliphatic carbocycles. The minimum absolute atomic E-state index is 0.270. The molecule has 98 valence electrons. The molecule has 4 fully saturated rings. The monoisotopic (exact) mass is 248 g/mol. The molecule has 2 N–H and O–H groups in total. The third kappa shape index (κ3) is 1.44. The Kier molecular flexibility index (Phi) is 2.10. The van der Waals surface area contributed by atoms with Gasteiger partial charge in [0.25, 0.3) is 0 Å². The molecule has 1 heterocycles. The number of rotatable bonds is 2. The Morgan fingerprint density at radius 1 is 1.17 bits per heavy atom. The summed E-state index contributed by atoms with van der Waals surface area (Å²) in [6, 6.07) is -0.479. The van der Waals surface area contributed by atoms with E-state index < -0.39 is 12.0 Å². The minimum atomic E-state index is -0.765. The third-order valence-corrected chi connectivity index (χ3v) is 5.70. The smallest absolute Gasteiger partial charge is 0.328 e. The molecule has 0 spiro atoms.